The predicted octanol–water partition coefficient (Wildman–Crippen LogP) is 3.20. The molecule has 19 heavy (non-hydrogen) atoms. The number of hydrogen-bond acceptors (Lipinski definition) is 5. The summed E-state index contributed by atoms with van der Waals surface area (Å²) in [5.74, 6) is -0.765. The molecule has 4 nitrogen and oxygen atoms in total. The van der Waals surface area contributed by atoms with Gasteiger partial charge in [-0.15, -0.1) is 23.7 Å². The number of thiophene rings is 1. The summed E-state index contributed by atoms with van der Waals surface area (Å²) in [6.07, 6.45) is 0.165. The molecule has 0 aliphatic heterocycles. The minimum absolute atomic E-state index is 0. The highest BCUT2D eigenvalue weighted by Crippen LogP contribution is 2.25. The van der Waals surface area contributed by atoms with Gasteiger partial charge in [0.25, 0.3) is 0 Å². The molecule has 0 fully saturated rings. The lowest BCUT2D eigenvalue weighted by Gasteiger charge is -2.13. The molecule has 0 atom stereocenters. The first kappa shape index (κ1) is 16.1. The normalized spacial score (nSPS) is 10.4. The van der Waals surface area contributed by atoms with Crippen LogP contribution < -0.4 is 0 Å². The Labute approximate surface area is 126 Å². The van der Waals surface area contributed by atoms with Gasteiger partial charge in [0.2, 0.25) is 0 Å². The first-order valence-corrected chi connectivity index (χ1v) is 7.34. The van der Waals surface area contributed by atoms with E-state index >= 15 is 0 Å². The van der Waals surface area contributed by atoms with E-state index in [1.54, 1.807) is 22.7 Å². The summed E-state index contributed by atoms with van der Waals surface area (Å²) in [6.45, 7) is 1.23. The molecule has 0 saturated heterocycles. The maximum atomic E-state index is 10.5. The van der Waals surface area contributed by atoms with E-state index in [0.717, 1.165) is 16.3 Å². The number of halogens is 1. The first-order valence-electron chi connectivity index (χ1n) is 5.52. The van der Waals surface area contributed by atoms with Crippen molar-refractivity contribution in [3.63, 3.8) is 0 Å². The van der Waals surface area contributed by atoms with Crippen molar-refractivity contribution in [3.8, 4) is 10.6 Å². The Morgan fingerprint density at radius 1 is 1.47 bits per heavy atom. The second-order valence-corrected chi connectivity index (χ2v) is 5.68. The lowest BCUT2D eigenvalue weighted by atomic mass is 10.3. The van der Waals surface area contributed by atoms with Crippen molar-refractivity contribution in [1.82, 2.24) is 9.88 Å². The van der Waals surface area contributed by atoms with Crippen molar-refractivity contribution in [1.29, 1.82) is 0 Å². The smallest absolute Gasteiger partial charge is 0.304 e. The zero-order valence-corrected chi connectivity index (χ0v) is 12.9. The Bertz CT molecular complexity index is 514. The Balaban J connectivity index is 0.00000180. The van der Waals surface area contributed by atoms with Crippen molar-refractivity contribution in [2.75, 3.05) is 13.6 Å². The average molecular weight is 319 g/mol. The van der Waals surface area contributed by atoms with E-state index in [2.05, 4.69) is 16.4 Å². The quantitative estimate of drug-likeness (QED) is 0.888. The number of rotatable bonds is 6. The van der Waals surface area contributed by atoms with Crippen LogP contribution in [0.25, 0.3) is 10.6 Å². The van der Waals surface area contributed by atoms with E-state index in [0.29, 0.717) is 13.1 Å². The number of nitrogens with zero attached hydrogens (tertiary/aromatic N) is 2. The summed E-state index contributed by atoms with van der Waals surface area (Å²) in [6, 6.07) is 2.06. The largest absolute Gasteiger partial charge is 0.481 e. The second kappa shape index (κ2) is 7.59. The molecule has 0 aliphatic rings. The van der Waals surface area contributed by atoms with Gasteiger partial charge in [0, 0.05) is 29.4 Å². The Morgan fingerprint density at radius 2 is 2.26 bits per heavy atom. The van der Waals surface area contributed by atoms with Crippen molar-refractivity contribution in [2.24, 2.45) is 0 Å². The number of hydrogen-bond donors (Lipinski definition) is 1. The second-order valence-electron chi connectivity index (χ2n) is 4.04. The Hall–Kier alpha value is -0.950. The molecular formula is C12H15ClN2O2S2. The van der Waals surface area contributed by atoms with E-state index in [9.17, 15) is 4.79 Å². The third kappa shape index (κ3) is 4.91. The summed E-state index contributed by atoms with van der Waals surface area (Å²) in [7, 11) is 1.91. The van der Waals surface area contributed by atoms with Crippen LogP contribution in [0.1, 0.15) is 12.1 Å². The Kier molecular flexibility index (Phi) is 6.44. The van der Waals surface area contributed by atoms with E-state index in [4.69, 9.17) is 5.11 Å². The standard InChI is InChI=1S/C12H14N2O2S2.ClH/c1-14(4-2-11(15)16)6-10-8-18-12(13-10)9-3-5-17-7-9;/h3,5,7-8H,2,4,6H2,1H3,(H,15,16);1H. The fourth-order valence-corrected chi connectivity index (χ4v) is 3.06. The molecule has 0 saturated carbocycles. The van der Waals surface area contributed by atoms with Crippen molar-refractivity contribution in [3.05, 3.63) is 27.9 Å². The number of carboxylic acid groups (broad SMARTS) is 1. The highest BCUT2D eigenvalue weighted by molar-refractivity contribution is 7.14. The molecule has 0 bridgehead atoms. The van der Waals surface area contributed by atoms with E-state index in [1.807, 2.05) is 22.7 Å². The van der Waals surface area contributed by atoms with E-state index in [1.165, 1.54) is 0 Å². The fourth-order valence-electron chi connectivity index (χ4n) is 1.54. The lowest BCUT2D eigenvalue weighted by molar-refractivity contribution is -0.137. The van der Waals surface area contributed by atoms with Gasteiger partial charge in [-0.1, -0.05) is 0 Å². The molecule has 2 rings (SSSR count). The molecular weight excluding hydrogens is 304 g/mol. The van der Waals surface area contributed by atoms with Gasteiger partial charge in [-0.05, 0) is 18.5 Å². The zero-order chi connectivity index (χ0) is 13.0. The highest BCUT2D eigenvalue weighted by atomic mass is 35.5. The summed E-state index contributed by atoms with van der Waals surface area (Å²) in [5.41, 5.74) is 2.15. The minimum Gasteiger partial charge on any atom is -0.481 e. The molecule has 1 N–H and O–H groups in total. The Morgan fingerprint density at radius 3 is 2.89 bits per heavy atom. The maximum absolute atomic E-state index is 10.5. The van der Waals surface area contributed by atoms with E-state index in [-0.39, 0.29) is 18.8 Å². The van der Waals surface area contributed by atoms with Gasteiger partial charge in [0.05, 0.1) is 12.1 Å². The van der Waals surface area contributed by atoms with Crippen LogP contribution >= 0.6 is 35.1 Å². The molecule has 104 valence electrons. The summed E-state index contributed by atoms with van der Waals surface area (Å²) < 4.78 is 0. The van der Waals surface area contributed by atoms with Crippen LogP contribution in [0.3, 0.4) is 0 Å². The van der Waals surface area contributed by atoms with Crippen LogP contribution in [0.15, 0.2) is 22.2 Å². The number of carbonyl (C=O) groups is 1. The van der Waals surface area contributed by atoms with E-state index < -0.39 is 5.97 Å². The summed E-state index contributed by atoms with van der Waals surface area (Å²) >= 11 is 3.29. The van der Waals surface area contributed by atoms with Crippen LogP contribution in [0, 0.1) is 0 Å². The highest BCUT2D eigenvalue weighted by Gasteiger charge is 2.08. The first-order chi connectivity index (χ1) is 8.65. The third-order valence-electron chi connectivity index (χ3n) is 2.46. The molecule has 0 aromatic carbocycles. The predicted molar refractivity (Wildman–Crippen MR) is 81.3 cm³/mol. The maximum Gasteiger partial charge on any atom is 0.304 e. The van der Waals surface area contributed by atoms with Gasteiger partial charge < -0.3 is 5.11 Å². The van der Waals surface area contributed by atoms with Gasteiger partial charge in [0.15, 0.2) is 0 Å². The van der Waals surface area contributed by atoms with Crippen LogP contribution in [0.4, 0.5) is 0 Å². The molecule has 0 spiro atoms. The molecule has 2 aromatic heterocycles. The van der Waals surface area contributed by atoms with Gasteiger partial charge >= 0.3 is 5.97 Å². The van der Waals surface area contributed by atoms with Crippen molar-refractivity contribution in [2.45, 2.75) is 13.0 Å². The monoisotopic (exact) mass is 318 g/mol. The SMILES string of the molecule is CN(CCC(=O)O)Cc1csc(-c2ccsc2)n1.Cl. The molecule has 0 amide bonds. The van der Waals surface area contributed by atoms with Crippen molar-refractivity contribution < 1.29 is 9.90 Å². The minimum atomic E-state index is -0.765. The molecule has 0 unspecified atom stereocenters. The molecule has 0 aliphatic carbocycles. The topological polar surface area (TPSA) is 53.4 Å². The zero-order valence-electron chi connectivity index (χ0n) is 10.4. The molecule has 2 heterocycles. The molecule has 0 radical (unpaired) electrons. The van der Waals surface area contributed by atoms with Crippen LogP contribution in [-0.4, -0.2) is 34.6 Å². The van der Waals surface area contributed by atoms with Crippen molar-refractivity contribution >= 4 is 41.0 Å². The van der Waals surface area contributed by atoms with Crippen LogP contribution in [0.2, 0.25) is 0 Å². The molecule has 2 aromatic rings. The van der Waals surface area contributed by atoms with Gasteiger partial charge in [-0.3, -0.25) is 9.69 Å². The fraction of sp³-hybridized carbons (Fsp3) is 0.333. The lowest BCUT2D eigenvalue weighted by Crippen LogP contribution is -2.21. The number of aromatic nitrogens is 1. The molecule has 7 heteroatoms. The summed E-state index contributed by atoms with van der Waals surface area (Å²) in [5, 5.41) is 15.8. The van der Waals surface area contributed by atoms with Crippen LogP contribution in [0.5, 0.6) is 0 Å². The number of aliphatic carboxylic acids is 1. The van der Waals surface area contributed by atoms with Gasteiger partial charge in [0.1, 0.15) is 5.01 Å². The third-order valence-corrected chi connectivity index (χ3v) is 4.08. The van der Waals surface area contributed by atoms with Gasteiger partial charge in [-0.25, -0.2) is 4.98 Å². The average Bonchev–Trinajstić information content (AvgIpc) is 2.95. The number of carboxylic acids is 1. The number of thiazole rings is 1. The van der Waals surface area contributed by atoms with Gasteiger partial charge in [-0.2, -0.15) is 11.3 Å². The van der Waals surface area contributed by atoms with Crippen LogP contribution in [-0.2, 0) is 11.3 Å². The summed E-state index contributed by atoms with van der Waals surface area (Å²) in [4.78, 5) is 17.0.